The molecule has 27 heavy (non-hydrogen) atoms. The number of anilines is 1. The third kappa shape index (κ3) is 3.79. The van der Waals surface area contributed by atoms with Crippen molar-refractivity contribution in [2.24, 2.45) is 7.05 Å². The number of amides is 1. The quantitative estimate of drug-likeness (QED) is 0.671. The average molecular weight is 412 g/mol. The molecule has 11 heteroatoms. The molecule has 140 valence electrons. The van der Waals surface area contributed by atoms with Gasteiger partial charge in [0.2, 0.25) is 0 Å². The molecule has 3 aromatic rings. The van der Waals surface area contributed by atoms with Crippen molar-refractivity contribution in [3.63, 3.8) is 0 Å². The van der Waals surface area contributed by atoms with Gasteiger partial charge in [0, 0.05) is 23.8 Å². The van der Waals surface area contributed by atoms with Gasteiger partial charge >= 0.3 is 5.97 Å². The van der Waals surface area contributed by atoms with Crippen LogP contribution in [0.1, 0.15) is 26.4 Å². The molecule has 1 amide bonds. The number of rotatable bonds is 5. The van der Waals surface area contributed by atoms with E-state index < -0.39 is 17.7 Å². The first-order valence-electron chi connectivity index (χ1n) is 7.50. The second kappa shape index (κ2) is 7.37. The van der Waals surface area contributed by atoms with Gasteiger partial charge in [0.05, 0.1) is 12.7 Å². The second-order valence-corrected chi connectivity index (χ2v) is 6.33. The Kier molecular flexibility index (Phi) is 5.15. The van der Waals surface area contributed by atoms with Crippen LogP contribution in [0, 0.1) is 5.82 Å². The number of halogens is 3. The van der Waals surface area contributed by atoms with E-state index in [0.717, 1.165) is 10.9 Å². The molecule has 0 bridgehead atoms. The smallest absolute Gasteiger partial charge is 0.339 e. The molecule has 0 aliphatic carbocycles. The highest BCUT2D eigenvalue weighted by molar-refractivity contribution is 6.33. The van der Waals surface area contributed by atoms with Crippen LogP contribution >= 0.6 is 23.2 Å². The van der Waals surface area contributed by atoms with Crippen LogP contribution in [0.25, 0.3) is 0 Å². The Morgan fingerprint density at radius 2 is 2.04 bits per heavy atom. The van der Waals surface area contributed by atoms with Gasteiger partial charge in [-0.25, -0.2) is 9.18 Å². The van der Waals surface area contributed by atoms with E-state index in [1.54, 1.807) is 6.07 Å². The number of nitrogens with one attached hydrogen (secondary N) is 1. The van der Waals surface area contributed by atoms with Crippen LogP contribution in [0.2, 0.25) is 10.0 Å². The molecule has 0 atom stereocenters. The van der Waals surface area contributed by atoms with Gasteiger partial charge in [-0.05, 0) is 12.1 Å². The van der Waals surface area contributed by atoms with E-state index >= 15 is 0 Å². The van der Waals surface area contributed by atoms with E-state index in [-0.39, 0.29) is 39.2 Å². The van der Waals surface area contributed by atoms with Crippen LogP contribution in [0.3, 0.4) is 0 Å². The van der Waals surface area contributed by atoms with Crippen molar-refractivity contribution in [1.29, 1.82) is 0 Å². The molecule has 8 nitrogen and oxygen atoms in total. The molecule has 0 radical (unpaired) electrons. The van der Waals surface area contributed by atoms with E-state index in [9.17, 15) is 14.0 Å². The zero-order chi connectivity index (χ0) is 19.7. The van der Waals surface area contributed by atoms with Gasteiger partial charge in [0.15, 0.2) is 5.82 Å². The zero-order valence-electron chi connectivity index (χ0n) is 13.8. The van der Waals surface area contributed by atoms with Gasteiger partial charge in [0.25, 0.3) is 5.91 Å². The largest absolute Gasteiger partial charge is 0.478 e. The van der Waals surface area contributed by atoms with E-state index in [2.05, 4.69) is 15.5 Å². The summed E-state index contributed by atoms with van der Waals surface area (Å²) >= 11 is 12.1. The molecular formula is C16H12Cl2FN5O3. The summed E-state index contributed by atoms with van der Waals surface area (Å²) in [6, 6.07) is 4.30. The Morgan fingerprint density at radius 1 is 1.30 bits per heavy atom. The lowest BCUT2D eigenvalue weighted by Crippen LogP contribution is -2.20. The standard InChI is InChI=1S/C16H12Cl2FN5O3/c1-23-13(8(5-20-23)16(26)27)15(25)21-14-11(18)7-24(22-14)6-9-10(17)3-2-4-12(9)19/h2-5,7H,6H2,1H3,(H,26,27)(H,21,22,25). The summed E-state index contributed by atoms with van der Waals surface area (Å²) < 4.78 is 16.3. The third-order valence-corrected chi connectivity index (χ3v) is 4.35. The topological polar surface area (TPSA) is 102 Å². The van der Waals surface area contributed by atoms with Crippen LogP contribution in [0.15, 0.2) is 30.6 Å². The fraction of sp³-hybridized carbons (Fsp3) is 0.125. The van der Waals surface area contributed by atoms with Crippen molar-refractivity contribution in [2.75, 3.05) is 5.32 Å². The predicted molar refractivity (Wildman–Crippen MR) is 95.9 cm³/mol. The lowest BCUT2D eigenvalue weighted by molar-refractivity contribution is 0.0692. The number of aromatic nitrogens is 4. The normalized spacial score (nSPS) is 10.8. The van der Waals surface area contributed by atoms with Crippen molar-refractivity contribution < 1.29 is 19.1 Å². The van der Waals surface area contributed by atoms with Crippen molar-refractivity contribution in [2.45, 2.75) is 6.54 Å². The second-order valence-electron chi connectivity index (χ2n) is 5.51. The Morgan fingerprint density at radius 3 is 2.70 bits per heavy atom. The number of hydrogen-bond donors (Lipinski definition) is 2. The molecule has 0 fully saturated rings. The monoisotopic (exact) mass is 411 g/mol. The van der Waals surface area contributed by atoms with Crippen molar-refractivity contribution >= 4 is 40.9 Å². The summed E-state index contributed by atoms with van der Waals surface area (Å²) in [5, 5.41) is 19.7. The summed E-state index contributed by atoms with van der Waals surface area (Å²) in [5.74, 6) is -2.55. The van der Waals surface area contributed by atoms with Gasteiger partial charge in [-0.1, -0.05) is 29.3 Å². The molecule has 2 aromatic heterocycles. The first kappa shape index (κ1) is 18.9. The van der Waals surface area contributed by atoms with E-state index in [0.29, 0.717) is 0 Å². The maximum absolute atomic E-state index is 13.9. The summed E-state index contributed by atoms with van der Waals surface area (Å²) in [7, 11) is 1.43. The predicted octanol–water partition coefficient (Wildman–Crippen LogP) is 3.06. The molecule has 1 aromatic carbocycles. The van der Waals surface area contributed by atoms with Crippen molar-refractivity contribution in [1.82, 2.24) is 19.6 Å². The number of benzene rings is 1. The maximum Gasteiger partial charge on any atom is 0.339 e. The molecule has 0 unspecified atom stereocenters. The van der Waals surface area contributed by atoms with Crippen LogP contribution in [-0.4, -0.2) is 36.5 Å². The Labute approximate surface area is 162 Å². The maximum atomic E-state index is 13.9. The average Bonchev–Trinajstić information content (AvgIpc) is 3.14. The molecule has 2 heterocycles. The van der Waals surface area contributed by atoms with Crippen LogP contribution < -0.4 is 5.32 Å². The fourth-order valence-electron chi connectivity index (χ4n) is 2.44. The van der Waals surface area contributed by atoms with Crippen LogP contribution in [0.5, 0.6) is 0 Å². The minimum absolute atomic E-state index is 0.00676. The number of hydrogen-bond acceptors (Lipinski definition) is 4. The third-order valence-electron chi connectivity index (χ3n) is 3.72. The number of carboxylic acids is 1. The molecular weight excluding hydrogens is 400 g/mol. The lowest BCUT2D eigenvalue weighted by Gasteiger charge is -2.06. The van der Waals surface area contributed by atoms with Crippen molar-refractivity contribution in [3.8, 4) is 0 Å². The molecule has 2 N–H and O–H groups in total. The molecule has 0 aliphatic heterocycles. The minimum atomic E-state index is -1.29. The number of nitrogens with zero attached hydrogens (tertiary/aromatic N) is 4. The van der Waals surface area contributed by atoms with Gasteiger partial charge in [-0.2, -0.15) is 10.2 Å². The van der Waals surface area contributed by atoms with Gasteiger partial charge < -0.3 is 10.4 Å². The van der Waals surface area contributed by atoms with E-state index in [1.165, 1.54) is 30.1 Å². The Hall–Kier alpha value is -2.91. The van der Waals surface area contributed by atoms with Gasteiger partial charge in [-0.3, -0.25) is 14.2 Å². The summed E-state index contributed by atoms with van der Waals surface area (Å²) in [6.45, 7) is -0.00676. The first-order chi connectivity index (χ1) is 12.8. The molecule has 0 saturated heterocycles. The summed E-state index contributed by atoms with van der Waals surface area (Å²) in [5.41, 5.74) is -0.204. The molecule has 0 saturated carbocycles. The lowest BCUT2D eigenvalue weighted by atomic mass is 10.2. The van der Waals surface area contributed by atoms with Crippen molar-refractivity contribution in [3.05, 3.63) is 63.3 Å². The highest BCUT2D eigenvalue weighted by Crippen LogP contribution is 2.24. The summed E-state index contributed by atoms with van der Waals surface area (Å²) in [6.07, 6.45) is 2.46. The number of carboxylic acid groups (broad SMARTS) is 1. The highest BCUT2D eigenvalue weighted by atomic mass is 35.5. The van der Waals surface area contributed by atoms with Crippen LogP contribution in [-0.2, 0) is 13.6 Å². The number of carbonyl (C=O) groups is 2. The fourth-order valence-corrected chi connectivity index (χ4v) is 2.86. The highest BCUT2D eigenvalue weighted by Gasteiger charge is 2.23. The Bertz CT molecular complexity index is 1030. The molecule has 0 spiro atoms. The number of aromatic carboxylic acids is 1. The molecule has 3 rings (SSSR count). The number of carbonyl (C=O) groups excluding carboxylic acids is 1. The van der Waals surface area contributed by atoms with E-state index in [1.807, 2.05) is 0 Å². The van der Waals surface area contributed by atoms with E-state index in [4.69, 9.17) is 28.3 Å². The SMILES string of the molecule is Cn1ncc(C(=O)O)c1C(=O)Nc1nn(Cc2c(F)cccc2Cl)cc1Cl. The van der Waals surface area contributed by atoms with Gasteiger partial charge in [-0.15, -0.1) is 0 Å². The zero-order valence-corrected chi connectivity index (χ0v) is 15.3. The molecule has 0 aliphatic rings. The van der Waals surface area contributed by atoms with Crippen LogP contribution in [0.4, 0.5) is 10.2 Å². The Balaban J connectivity index is 1.85. The van der Waals surface area contributed by atoms with Gasteiger partial charge in [0.1, 0.15) is 22.1 Å². The number of aryl methyl sites for hydroxylation is 1. The minimum Gasteiger partial charge on any atom is -0.478 e. The summed E-state index contributed by atoms with van der Waals surface area (Å²) in [4.78, 5) is 23.6. The first-order valence-corrected chi connectivity index (χ1v) is 8.26.